The van der Waals surface area contributed by atoms with Crippen molar-refractivity contribution in [2.45, 2.75) is 39.3 Å². The van der Waals surface area contributed by atoms with Crippen LogP contribution < -0.4 is 5.73 Å². The van der Waals surface area contributed by atoms with Crippen molar-refractivity contribution in [3.05, 3.63) is 0 Å². The molecule has 10 heavy (non-hydrogen) atoms. The van der Waals surface area contributed by atoms with E-state index in [4.69, 9.17) is 5.73 Å². The first kappa shape index (κ1) is 9.89. The largest absolute Gasteiger partial charge is 0.328 e. The van der Waals surface area contributed by atoms with Crippen molar-refractivity contribution in [2.75, 3.05) is 6.54 Å². The minimum atomic E-state index is -1.16. The van der Waals surface area contributed by atoms with E-state index >= 15 is 0 Å². The van der Waals surface area contributed by atoms with Gasteiger partial charge in [0.1, 0.15) is 5.67 Å². The lowest BCUT2D eigenvalue weighted by molar-refractivity contribution is 0.158. The summed E-state index contributed by atoms with van der Waals surface area (Å²) in [6.07, 6.45) is 1.61. The van der Waals surface area contributed by atoms with Crippen molar-refractivity contribution in [3.8, 4) is 0 Å². The molecular weight excluding hydrogens is 129 g/mol. The minimum Gasteiger partial charge on any atom is -0.328 e. The Balaban J connectivity index is 3.64. The molecule has 0 spiro atoms. The van der Waals surface area contributed by atoms with Crippen molar-refractivity contribution in [1.29, 1.82) is 0 Å². The van der Waals surface area contributed by atoms with Crippen molar-refractivity contribution in [1.82, 2.24) is 0 Å². The average molecular weight is 147 g/mol. The Morgan fingerprint density at radius 3 is 2.40 bits per heavy atom. The lowest BCUT2D eigenvalue weighted by atomic mass is 9.93. The van der Waals surface area contributed by atoms with Crippen molar-refractivity contribution in [2.24, 2.45) is 11.7 Å². The van der Waals surface area contributed by atoms with E-state index in [0.717, 1.165) is 6.42 Å². The van der Waals surface area contributed by atoms with Crippen LogP contribution in [0.25, 0.3) is 0 Å². The predicted octanol–water partition coefficient (Wildman–Crippen LogP) is 2.11. The molecule has 0 heterocycles. The number of hydrogen-bond acceptors (Lipinski definition) is 1. The highest BCUT2D eigenvalue weighted by atomic mass is 19.1. The van der Waals surface area contributed by atoms with Gasteiger partial charge in [-0.15, -0.1) is 0 Å². The van der Waals surface area contributed by atoms with Crippen LogP contribution in [0.15, 0.2) is 0 Å². The lowest BCUT2D eigenvalue weighted by Gasteiger charge is -2.21. The zero-order chi connectivity index (χ0) is 8.20. The predicted molar refractivity (Wildman–Crippen MR) is 42.6 cm³/mol. The standard InChI is InChI=1S/C8H18FN/c1-4-7(2)5-8(3,9)6-10/h7H,4-6,10H2,1-3H3. The van der Waals surface area contributed by atoms with Gasteiger partial charge in [-0.25, -0.2) is 4.39 Å². The Labute approximate surface area is 62.8 Å². The number of halogens is 1. The molecule has 62 valence electrons. The Morgan fingerprint density at radius 1 is 1.60 bits per heavy atom. The summed E-state index contributed by atoms with van der Waals surface area (Å²) in [6, 6.07) is 0. The fraction of sp³-hybridized carbons (Fsp3) is 1.00. The van der Waals surface area contributed by atoms with Crippen LogP contribution in [-0.4, -0.2) is 12.2 Å². The van der Waals surface area contributed by atoms with Crippen LogP contribution in [-0.2, 0) is 0 Å². The Morgan fingerprint density at radius 2 is 2.10 bits per heavy atom. The van der Waals surface area contributed by atoms with Gasteiger partial charge < -0.3 is 5.73 Å². The summed E-state index contributed by atoms with van der Waals surface area (Å²) in [5, 5.41) is 0. The molecule has 2 N–H and O–H groups in total. The number of alkyl halides is 1. The maximum Gasteiger partial charge on any atom is 0.120 e. The first-order valence-electron chi connectivity index (χ1n) is 3.91. The molecule has 0 fully saturated rings. The Bertz CT molecular complexity index is 91.3. The maximum atomic E-state index is 13.1. The van der Waals surface area contributed by atoms with E-state index in [0.29, 0.717) is 12.3 Å². The fourth-order valence-electron chi connectivity index (χ4n) is 0.954. The van der Waals surface area contributed by atoms with Gasteiger partial charge >= 0.3 is 0 Å². The molecule has 0 aliphatic carbocycles. The molecule has 0 aromatic heterocycles. The first-order chi connectivity index (χ1) is 4.52. The van der Waals surface area contributed by atoms with Gasteiger partial charge in [0.15, 0.2) is 0 Å². The van der Waals surface area contributed by atoms with Crippen molar-refractivity contribution < 1.29 is 4.39 Å². The SMILES string of the molecule is CCC(C)CC(C)(F)CN. The van der Waals surface area contributed by atoms with Gasteiger partial charge in [0, 0.05) is 6.54 Å². The molecule has 2 atom stereocenters. The molecule has 0 aromatic rings. The van der Waals surface area contributed by atoms with Gasteiger partial charge in [0.25, 0.3) is 0 Å². The van der Waals surface area contributed by atoms with Crippen molar-refractivity contribution >= 4 is 0 Å². The third kappa shape index (κ3) is 3.83. The fourth-order valence-corrected chi connectivity index (χ4v) is 0.954. The van der Waals surface area contributed by atoms with Gasteiger partial charge in [-0.1, -0.05) is 20.3 Å². The van der Waals surface area contributed by atoms with E-state index in [1.165, 1.54) is 0 Å². The van der Waals surface area contributed by atoms with Crippen LogP contribution in [0.5, 0.6) is 0 Å². The number of nitrogens with two attached hydrogens (primary N) is 1. The zero-order valence-electron chi connectivity index (χ0n) is 7.15. The molecule has 0 aromatic carbocycles. The molecule has 0 saturated carbocycles. The van der Waals surface area contributed by atoms with Gasteiger partial charge in [-0.2, -0.15) is 0 Å². The highest BCUT2D eigenvalue weighted by Gasteiger charge is 2.22. The molecule has 0 radical (unpaired) electrons. The molecule has 0 amide bonds. The van der Waals surface area contributed by atoms with Crippen LogP contribution in [0.3, 0.4) is 0 Å². The molecular formula is C8H18FN. The second kappa shape index (κ2) is 3.91. The second-order valence-corrected chi connectivity index (χ2v) is 3.34. The molecule has 0 rings (SSSR count). The van der Waals surface area contributed by atoms with Gasteiger partial charge in [-0.05, 0) is 19.3 Å². The third-order valence-electron chi connectivity index (χ3n) is 1.90. The van der Waals surface area contributed by atoms with Crippen LogP contribution in [0, 0.1) is 5.92 Å². The quantitative estimate of drug-likeness (QED) is 0.647. The molecule has 0 saturated heterocycles. The van der Waals surface area contributed by atoms with E-state index in [2.05, 4.69) is 6.92 Å². The molecule has 1 nitrogen and oxygen atoms in total. The van der Waals surface area contributed by atoms with E-state index in [1.54, 1.807) is 6.92 Å². The van der Waals surface area contributed by atoms with E-state index < -0.39 is 5.67 Å². The highest BCUT2D eigenvalue weighted by molar-refractivity contribution is 4.75. The summed E-state index contributed by atoms with van der Waals surface area (Å²) in [5.74, 6) is 0.443. The summed E-state index contributed by atoms with van der Waals surface area (Å²) in [7, 11) is 0. The topological polar surface area (TPSA) is 26.0 Å². The summed E-state index contributed by atoms with van der Waals surface area (Å²) < 4.78 is 13.1. The summed E-state index contributed by atoms with van der Waals surface area (Å²) >= 11 is 0. The van der Waals surface area contributed by atoms with Gasteiger partial charge in [-0.3, -0.25) is 0 Å². The molecule has 2 heteroatoms. The third-order valence-corrected chi connectivity index (χ3v) is 1.90. The normalized spacial score (nSPS) is 20.1. The van der Waals surface area contributed by atoms with Crippen LogP contribution in [0.2, 0.25) is 0 Å². The average Bonchev–Trinajstić information content (AvgIpc) is 1.87. The summed E-state index contributed by atoms with van der Waals surface area (Å²) in [5.41, 5.74) is 4.08. The summed E-state index contributed by atoms with van der Waals surface area (Å²) in [6.45, 7) is 5.82. The Hall–Kier alpha value is -0.110. The zero-order valence-corrected chi connectivity index (χ0v) is 7.15. The maximum absolute atomic E-state index is 13.1. The van der Waals surface area contributed by atoms with Gasteiger partial charge in [0.2, 0.25) is 0 Å². The molecule has 0 aliphatic rings. The lowest BCUT2D eigenvalue weighted by Crippen LogP contribution is -2.31. The number of hydrogen-bond donors (Lipinski definition) is 1. The number of rotatable bonds is 4. The van der Waals surface area contributed by atoms with Crippen LogP contribution in [0.1, 0.15) is 33.6 Å². The first-order valence-corrected chi connectivity index (χ1v) is 3.91. The van der Waals surface area contributed by atoms with Crippen LogP contribution in [0.4, 0.5) is 4.39 Å². The highest BCUT2D eigenvalue weighted by Crippen LogP contribution is 2.21. The van der Waals surface area contributed by atoms with Crippen LogP contribution >= 0.6 is 0 Å². The monoisotopic (exact) mass is 147 g/mol. The molecule has 0 bridgehead atoms. The summed E-state index contributed by atoms with van der Waals surface area (Å²) in [4.78, 5) is 0. The van der Waals surface area contributed by atoms with E-state index in [1.807, 2.05) is 6.92 Å². The second-order valence-electron chi connectivity index (χ2n) is 3.34. The van der Waals surface area contributed by atoms with Gasteiger partial charge in [0.05, 0.1) is 0 Å². The molecule has 0 aliphatic heterocycles. The minimum absolute atomic E-state index is 0.136. The van der Waals surface area contributed by atoms with E-state index in [9.17, 15) is 4.39 Å². The van der Waals surface area contributed by atoms with E-state index in [-0.39, 0.29) is 6.54 Å². The molecule has 2 unspecified atom stereocenters. The van der Waals surface area contributed by atoms with Crippen molar-refractivity contribution in [3.63, 3.8) is 0 Å². The smallest absolute Gasteiger partial charge is 0.120 e. The Kier molecular flexibility index (Phi) is 3.87.